The lowest BCUT2D eigenvalue weighted by Crippen LogP contribution is -2.27. The molecule has 0 spiro atoms. The lowest BCUT2D eigenvalue weighted by Gasteiger charge is -2.25. The number of aliphatic hydroxyl groups excluding tert-OH is 1. The van der Waals surface area contributed by atoms with E-state index in [2.05, 4.69) is 5.32 Å². The largest absolute Gasteiger partial charge is 0.391 e. The van der Waals surface area contributed by atoms with Crippen molar-refractivity contribution in [2.24, 2.45) is 5.92 Å². The number of rotatable bonds is 6. The molecule has 1 heterocycles. The molecule has 4 heteroatoms. The van der Waals surface area contributed by atoms with E-state index in [0.29, 0.717) is 12.5 Å². The van der Waals surface area contributed by atoms with Gasteiger partial charge in [-0.05, 0) is 52.0 Å². The van der Waals surface area contributed by atoms with Gasteiger partial charge >= 0.3 is 0 Å². The molecule has 0 aromatic carbocycles. The number of aliphatic hydroxyl groups is 1. The lowest BCUT2D eigenvalue weighted by atomic mass is 10.0. The van der Waals surface area contributed by atoms with E-state index < -0.39 is 0 Å². The van der Waals surface area contributed by atoms with E-state index in [0.717, 1.165) is 19.5 Å². The van der Waals surface area contributed by atoms with Crippen molar-refractivity contribution in [2.45, 2.75) is 37.7 Å². The van der Waals surface area contributed by atoms with Crippen LogP contribution in [-0.2, 0) is 4.74 Å². The van der Waals surface area contributed by atoms with Gasteiger partial charge in [-0.1, -0.05) is 0 Å². The summed E-state index contributed by atoms with van der Waals surface area (Å²) in [6, 6.07) is 0. The molecule has 2 unspecified atom stereocenters. The molecule has 0 saturated carbocycles. The Labute approximate surface area is 97.0 Å². The number of hydrogen-bond acceptors (Lipinski definition) is 4. The molecule has 1 aliphatic rings. The molecular weight excluding hydrogens is 210 g/mol. The molecule has 1 aliphatic heterocycles. The second kappa shape index (κ2) is 6.09. The van der Waals surface area contributed by atoms with Gasteiger partial charge in [0.2, 0.25) is 0 Å². The van der Waals surface area contributed by atoms with Crippen molar-refractivity contribution in [3.63, 3.8) is 0 Å². The Hall–Kier alpha value is 0.230. The predicted octanol–water partition coefficient (Wildman–Crippen LogP) is 1.46. The molecule has 1 fully saturated rings. The lowest BCUT2D eigenvalue weighted by molar-refractivity contribution is -0.0178. The van der Waals surface area contributed by atoms with E-state index in [1.54, 1.807) is 11.8 Å². The molecule has 0 radical (unpaired) electrons. The molecule has 0 amide bonds. The monoisotopic (exact) mass is 233 g/mol. The summed E-state index contributed by atoms with van der Waals surface area (Å²) in [5, 5.41) is 13.1. The second-order valence-corrected chi connectivity index (χ2v) is 6.05. The maximum atomic E-state index is 9.81. The van der Waals surface area contributed by atoms with Crippen LogP contribution in [0.15, 0.2) is 0 Å². The summed E-state index contributed by atoms with van der Waals surface area (Å²) in [6.07, 6.45) is 3.74. The highest BCUT2D eigenvalue weighted by Crippen LogP contribution is 2.23. The first-order valence-corrected chi connectivity index (χ1v) is 6.84. The van der Waals surface area contributed by atoms with E-state index in [4.69, 9.17) is 4.74 Å². The van der Waals surface area contributed by atoms with Gasteiger partial charge in [0, 0.05) is 0 Å². The summed E-state index contributed by atoms with van der Waals surface area (Å²) in [5.41, 5.74) is 0. The van der Waals surface area contributed by atoms with Crippen molar-refractivity contribution in [1.82, 2.24) is 5.32 Å². The van der Waals surface area contributed by atoms with Gasteiger partial charge < -0.3 is 15.2 Å². The summed E-state index contributed by atoms with van der Waals surface area (Å²) >= 11 is 1.67. The van der Waals surface area contributed by atoms with E-state index in [9.17, 15) is 5.11 Å². The third-order valence-electron chi connectivity index (χ3n) is 2.88. The van der Waals surface area contributed by atoms with Crippen LogP contribution in [0.2, 0.25) is 0 Å². The van der Waals surface area contributed by atoms with Crippen molar-refractivity contribution >= 4 is 11.8 Å². The SMILES string of the molecule is CSC(C)(C)OCC(O)CC1CCNC1. The summed E-state index contributed by atoms with van der Waals surface area (Å²) < 4.78 is 5.64. The molecule has 0 aliphatic carbocycles. The molecular formula is C11H23NO2S. The van der Waals surface area contributed by atoms with Crippen LogP contribution in [0.3, 0.4) is 0 Å². The van der Waals surface area contributed by atoms with Gasteiger partial charge in [-0.2, -0.15) is 0 Å². The minimum Gasteiger partial charge on any atom is -0.391 e. The molecule has 1 rings (SSSR count). The van der Waals surface area contributed by atoms with Gasteiger partial charge in [0.05, 0.1) is 12.7 Å². The summed E-state index contributed by atoms with van der Waals surface area (Å²) in [6.45, 7) is 6.64. The van der Waals surface area contributed by atoms with Crippen molar-refractivity contribution in [2.75, 3.05) is 26.0 Å². The quantitative estimate of drug-likeness (QED) is 0.682. The highest BCUT2D eigenvalue weighted by atomic mass is 32.2. The molecule has 1 saturated heterocycles. The van der Waals surface area contributed by atoms with Crippen molar-refractivity contribution in [3.8, 4) is 0 Å². The molecule has 0 bridgehead atoms. The van der Waals surface area contributed by atoms with Gasteiger partial charge in [0.15, 0.2) is 0 Å². The van der Waals surface area contributed by atoms with Crippen LogP contribution in [0.25, 0.3) is 0 Å². The Bertz CT molecular complexity index is 181. The average Bonchev–Trinajstić information content (AvgIpc) is 2.68. The van der Waals surface area contributed by atoms with Crippen LogP contribution in [-0.4, -0.2) is 42.1 Å². The van der Waals surface area contributed by atoms with Crippen LogP contribution in [0.1, 0.15) is 26.7 Å². The number of hydrogen-bond donors (Lipinski definition) is 2. The summed E-state index contributed by atoms with van der Waals surface area (Å²) in [7, 11) is 0. The van der Waals surface area contributed by atoms with E-state index >= 15 is 0 Å². The van der Waals surface area contributed by atoms with Crippen LogP contribution in [0.4, 0.5) is 0 Å². The Morgan fingerprint density at radius 1 is 1.60 bits per heavy atom. The molecule has 15 heavy (non-hydrogen) atoms. The first kappa shape index (κ1) is 13.3. The number of ether oxygens (including phenoxy) is 1. The van der Waals surface area contributed by atoms with Gasteiger partial charge in [0.25, 0.3) is 0 Å². The van der Waals surface area contributed by atoms with Crippen molar-refractivity contribution in [3.05, 3.63) is 0 Å². The van der Waals surface area contributed by atoms with Crippen LogP contribution in [0.5, 0.6) is 0 Å². The van der Waals surface area contributed by atoms with Gasteiger partial charge in [-0.25, -0.2) is 0 Å². The summed E-state index contributed by atoms with van der Waals surface area (Å²) in [5.74, 6) is 0.626. The highest BCUT2D eigenvalue weighted by molar-refractivity contribution is 7.99. The Morgan fingerprint density at radius 2 is 2.33 bits per heavy atom. The topological polar surface area (TPSA) is 41.5 Å². The van der Waals surface area contributed by atoms with Gasteiger partial charge in [-0.3, -0.25) is 0 Å². The van der Waals surface area contributed by atoms with E-state index in [1.807, 2.05) is 20.1 Å². The molecule has 90 valence electrons. The smallest absolute Gasteiger partial charge is 0.107 e. The standard InChI is InChI=1S/C11H23NO2S/c1-11(2,15-3)14-8-10(13)6-9-4-5-12-7-9/h9-10,12-13H,4-8H2,1-3H3. The predicted molar refractivity (Wildman–Crippen MR) is 65.1 cm³/mol. The van der Waals surface area contributed by atoms with Gasteiger partial charge in [-0.15, -0.1) is 11.8 Å². The second-order valence-electron chi connectivity index (χ2n) is 4.66. The minimum atomic E-state index is -0.318. The third kappa shape index (κ3) is 5.20. The minimum absolute atomic E-state index is 0.186. The fourth-order valence-electron chi connectivity index (χ4n) is 1.72. The number of thioether (sulfide) groups is 1. The zero-order valence-corrected chi connectivity index (χ0v) is 10.8. The maximum absolute atomic E-state index is 9.81. The normalized spacial score (nSPS) is 24.4. The van der Waals surface area contributed by atoms with Crippen molar-refractivity contribution < 1.29 is 9.84 Å². The fourth-order valence-corrected chi connectivity index (χ4v) is 1.91. The molecule has 2 N–H and O–H groups in total. The maximum Gasteiger partial charge on any atom is 0.107 e. The molecule has 2 atom stereocenters. The van der Waals surface area contributed by atoms with Gasteiger partial charge in [0.1, 0.15) is 4.93 Å². The first-order chi connectivity index (χ1) is 7.03. The molecule has 0 aromatic rings. The van der Waals surface area contributed by atoms with Crippen molar-refractivity contribution in [1.29, 1.82) is 0 Å². The van der Waals surface area contributed by atoms with E-state index in [-0.39, 0.29) is 11.0 Å². The Kier molecular flexibility index (Phi) is 5.39. The van der Waals surface area contributed by atoms with Crippen LogP contribution >= 0.6 is 11.8 Å². The van der Waals surface area contributed by atoms with E-state index in [1.165, 1.54) is 6.42 Å². The Balaban J connectivity index is 2.15. The average molecular weight is 233 g/mol. The summed E-state index contributed by atoms with van der Waals surface area (Å²) in [4.78, 5) is -0.186. The fraction of sp³-hybridized carbons (Fsp3) is 1.00. The zero-order valence-electron chi connectivity index (χ0n) is 9.95. The first-order valence-electron chi connectivity index (χ1n) is 5.61. The van der Waals surface area contributed by atoms with Crippen LogP contribution < -0.4 is 5.32 Å². The Morgan fingerprint density at radius 3 is 2.87 bits per heavy atom. The molecule has 3 nitrogen and oxygen atoms in total. The van der Waals surface area contributed by atoms with Crippen LogP contribution in [0, 0.1) is 5.92 Å². The third-order valence-corrected chi connectivity index (χ3v) is 3.98. The number of nitrogens with one attached hydrogen (secondary N) is 1. The molecule has 0 aromatic heterocycles. The highest BCUT2D eigenvalue weighted by Gasteiger charge is 2.22. The zero-order chi connectivity index (χ0) is 11.3.